The fourth-order valence-corrected chi connectivity index (χ4v) is 4.27. The van der Waals surface area contributed by atoms with Crippen LogP contribution in [0.3, 0.4) is 0 Å². The van der Waals surface area contributed by atoms with Crippen LogP contribution in [-0.2, 0) is 24.3 Å². The molecule has 2 aliphatic rings. The SMILES string of the molecule is CCC(=O)N1CCCCC1c1nc2c(c(=O)[nH]1)CCN(Cc1ccncc1)C2. The first kappa shape index (κ1) is 18.8. The molecule has 1 fully saturated rings. The van der Waals surface area contributed by atoms with Crippen molar-refractivity contribution in [3.05, 3.63) is 57.5 Å². The summed E-state index contributed by atoms with van der Waals surface area (Å²) in [5.74, 6) is 0.778. The van der Waals surface area contributed by atoms with Crippen molar-refractivity contribution in [2.24, 2.45) is 0 Å². The molecule has 0 saturated carbocycles. The Kier molecular flexibility index (Phi) is 5.52. The van der Waals surface area contributed by atoms with Gasteiger partial charge >= 0.3 is 0 Å². The van der Waals surface area contributed by atoms with E-state index in [2.05, 4.69) is 14.9 Å². The predicted octanol–water partition coefficient (Wildman–Crippen LogP) is 2.19. The van der Waals surface area contributed by atoms with Gasteiger partial charge in [-0.1, -0.05) is 6.92 Å². The van der Waals surface area contributed by atoms with Crippen LogP contribution in [-0.4, -0.2) is 43.7 Å². The normalized spacial score (nSPS) is 20.0. The van der Waals surface area contributed by atoms with Crippen LogP contribution in [0.25, 0.3) is 0 Å². The van der Waals surface area contributed by atoms with Crippen LogP contribution in [0.5, 0.6) is 0 Å². The molecule has 148 valence electrons. The second-order valence-electron chi connectivity index (χ2n) is 7.64. The number of piperidine rings is 1. The van der Waals surface area contributed by atoms with Crippen LogP contribution < -0.4 is 5.56 Å². The number of rotatable bonds is 4. The number of aromatic nitrogens is 3. The van der Waals surface area contributed by atoms with Crippen LogP contribution in [0.15, 0.2) is 29.3 Å². The number of carbonyl (C=O) groups is 1. The average Bonchev–Trinajstić information content (AvgIpc) is 2.73. The van der Waals surface area contributed by atoms with E-state index in [1.165, 1.54) is 5.56 Å². The Morgan fingerprint density at radius 3 is 2.86 bits per heavy atom. The van der Waals surface area contributed by atoms with Crippen LogP contribution in [0, 0.1) is 0 Å². The summed E-state index contributed by atoms with van der Waals surface area (Å²) in [6.07, 6.45) is 7.70. The second-order valence-corrected chi connectivity index (χ2v) is 7.64. The molecule has 1 unspecified atom stereocenters. The molecule has 28 heavy (non-hydrogen) atoms. The highest BCUT2D eigenvalue weighted by Crippen LogP contribution is 2.29. The highest BCUT2D eigenvalue weighted by atomic mass is 16.2. The van der Waals surface area contributed by atoms with Crippen molar-refractivity contribution in [3.8, 4) is 0 Å². The maximum atomic E-state index is 12.7. The van der Waals surface area contributed by atoms with Gasteiger partial charge < -0.3 is 9.88 Å². The van der Waals surface area contributed by atoms with Gasteiger partial charge in [-0.05, 0) is 43.4 Å². The Bertz CT molecular complexity index is 895. The van der Waals surface area contributed by atoms with E-state index < -0.39 is 0 Å². The van der Waals surface area contributed by atoms with Crippen LogP contribution in [0.2, 0.25) is 0 Å². The highest BCUT2D eigenvalue weighted by molar-refractivity contribution is 5.76. The monoisotopic (exact) mass is 381 g/mol. The summed E-state index contributed by atoms with van der Waals surface area (Å²) in [5, 5.41) is 0. The number of hydrogen-bond acceptors (Lipinski definition) is 5. The number of H-pyrrole nitrogens is 1. The maximum Gasteiger partial charge on any atom is 0.254 e. The molecule has 0 radical (unpaired) electrons. The van der Waals surface area contributed by atoms with Crippen molar-refractivity contribution in [1.29, 1.82) is 0 Å². The average molecular weight is 381 g/mol. The topological polar surface area (TPSA) is 82.2 Å². The molecule has 4 rings (SSSR count). The second kappa shape index (κ2) is 8.22. The van der Waals surface area contributed by atoms with E-state index in [9.17, 15) is 9.59 Å². The molecule has 2 aromatic heterocycles. The molecule has 2 aromatic rings. The minimum Gasteiger partial charge on any atom is -0.333 e. The first-order valence-electron chi connectivity index (χ1n) is 10.2. The Hall–Kier alpha value is -2.54. The highest BCUT2D eigenvalue weighted by Gasteiger charge is 2.30. The molecule has 0 spiro atoms. The number of nitrogens with zero attached hydrogens (tertiary/aromatic N) is 4. The lowest BCUT2D eigenvalue weighted by Crippen LogP contribution is -2.41. The Morgan fingerprint density at radius 2 is 2.07 bits per heavy atom. The number of likely N-dealkylation sites (tertiary alicyclic amines) is 1. The lowest BCUT2D eigenvalue weighted by atomic mass is 9.99. The van der Waals surface area contributed by atoms with Crippen molar-refractivity contribution in [2.75, 3.05) is 13.1 Å². The molecule has 2 aliphatic heterocycles. The van der Waals surface area contributed by atoms with Crippen LogP contribution in [0.4, 0.5) is 0 Å². The van der Waals surface area contributed by atoms with Crippen molar-refractivity contribution >= 4 is 5.91 Å². The molecular formula is C21H27N5O2. The number of amides is 1. The number of hydrogen-bond donors (Lipinski definition) is 1. The van der Waals surface area contributed by atoms with Crippen molar-refractivity contribution in [3.63, 3.8) is 0 Å². The molecule has 7 nitrogen and oxygen atoms in total. The molecule has 0 aliphatic carbocycles. The van der Waals surface area contributed by atoms with E-state index in [4.69, 9.17) is 4.98 Å². The standard InChI is InChI=1S/C21H27N5O2/c1-2-19(27)26-11-4-3-5-18(26)20-23-17-14-25(12-8-16(17)21(28)24-20)13-15-6-9-22-10-7-15/h6-7,9-10,18H,2-5,8,11-14H2,1H3,(H,23,24,28). The molecule has 1 N–H and O–H groups in total. The predicted molar refractivity (Wildman–Crippen MR) is 106 cm³/mol. The summed E-state index contributed by atoms with van der Waals surface area (Å²) in [6, 6.07) is 3.92. The van der Waals surface area contributed by atoms with Crippen LogP contribution >= 0.6 is 0 Å². The third kappa shape index (κ3) is 3.85. The van der Waals surface area contributed by atoms with Gasteiger partial charge in [-0.2, -0.15) is 0 Å². The number of nitrogens with one attached hydrogen (secondary N) is 1. The maximum absolute atomic E-state index is 12.7. The summed E-state index contributed by atoms with van der Waals surface area (Å²) in [4.78, 5) is 41.2. The van der Waals surface area contributed by atoms with E-state index in [1.54, 1.807) is 12.4 Å². The van der Waals surface area contributed by atoms with E-state index in [0.717, 1.165) is 50.2 Å². The molecule has 1 saturated heterocycles. The number of pyridine rings is 1. The van der Waals surface area contributed by atoms with Gasteiger partial charge in [0.15, 0.2) is 0 Å². The Labute approximate surface area is 164 Å². The van der Waals surface area contributed by atoms with Gasteiger partial charge in [0.25, 0.3) is 5.56 Å². The van der Waals surface area contributed by atoms with E-state index in [1.807, 2.05) is 24.0 Å². The van der Waals surface area contributed by atoms with Gasteiger partial charge in [0.2, 0.25) is 5.91 Å². The Morgan fingerprint density at radius 1 is 1.25 bits per heavy atom. The number of fused-ring (bicyclic) bond motifs is 1. The van der Waals surface area contributed by atoms with Gasteiger partial charge in [0.05, 0.1) is 11.7 Å². The van der Waals surface area contributed by atoms with E-state index >= 15 is 0 Å². The third-order valence-electron chi connectivity index (χ3n) is 5.77. The number of carbonyl (C=O) groups excluding carboxylic acids is 1. The summed E-state index contributed by atoms with van der Waals surface area (Å²) in [6.45, 7) is 4.93. The first-order chi connectivity index (χ1) is 13.7. The van der Waals surface area contributed by atoms with E-state index in [-0.39, 0.29) is 17.5 Å². The molecule has 1 atom stereocenters. The lowest BCUT2D eigenvalue weighted by molar-refractivity contribution is -0.134. The van der Waals surface area contributed by atoms with Crippen molar-refractivity contribution in [2.45, 2.75) is 58.2 Å². The quantitative estimate of drug-likeness (QED) is 0.878. The zero-order chi connectivity index (χ0) is 19.5. The Balaban J connectivity index is 1.59. The van der Waals surface area contributed by atoms with Gasteiger partial charge in [-0.3, -0.25) is 19.5 Å². The third-order valence-corrected chi connectivity index (χ3v) is 5.77. The molecule has 7 heteroatoms. The van der Waals surface area contributed by atoms with Crippen molar-refractivity contribution < 1.29 is 4.79 Å². The fraction of sp³-hybridized carbons (Fsp3) is 0.524. The van der Waals surface area contributed by atoms with Gasteiger partial charge in [0, 0.05) is 50.6 Å². The van der Waals surface area contributed by atoms with Gasteiger partial charge in [0.1, 0.15) is 5.82 Å². The van der Waals surface area contributed by atoms with Crippen LogP contribution in [0.1, 0.15) is 61.3 Å². The minimum absolute atomic E-state index is 0.0435. The fourth-order valence-electron chi connectivity index (χ4n) is 4.27. The molecule has 0 bridgehead atoms. The zero-order valence-electron chi connectivity index (χ0n) is 16.4. The van der Waals surface area contributed by atoms with Gasteiger partial charge in [-0.25, -0.2) is 4.98 Å². The summed E-state index contributed by atoms with van der Waals surface area (Å²) in [5.41, 5.74) is 2.81. The minimum atomic E-state index is -0.116. The van der Waals surface area contributed by atoms with E-state index in [0.29, 0.717) is 25.2 Å². The summed E-state index contributed by atoms with van der Waals surface area (Å²) < 4.78 is 0. The number of aromatic amines is 1. The lowest BCUT2D eigenvalue weighted by Gasteiger charge is -2.35. The van der Waals surface area contributed by atoms with Crippen molar-refractivity contribution in [1.82, 2.24) is 24.8 Å². The zero-order valence-corrected chi connectivity index (χ0v) is 16.4. The molecule has 0 aromatic carbocycles. The smallest absolute Gasteiger partial charge is 0.254 e. The molecule has 4 heterocycles. The summed E-state index contributed by atoms with van der Waals surface area (Å²) >= 11 is 0. The largest absolute Gasteiger partial charge is 0.333 e. The molecular weight excluding hydrogens is 354 g/mol. The first-order valence-corrected chi connectivity index (χ1v) is 10.2. The molecule has 1 amide bonds. The summed E-state index contributed by atoms with van der Waals surface area (Å²) in [7, 11) is 0. The van der Waals surface area contributed by atoms with Gasteiger partial charge in [-0.15, -0.1) is 0 Å².